The Hall–Kier alpha value is -2.41. The number of aromatic nitrogens is 1. The van der Waals surface area contributed by atoms with E-state index in [0.717, 1.165) is 10.8 Å². The lowest BCUT2D eigenvalue weighted by atomic mass is 10.0. The Balaban J connectivity index is 2.40. The number of rotatable bonds is 3. The van der Waals surface area contributed by atoms with Crippen molar-refractivity contribution in [1.82, 2.24) is 10.3 Å². The van der Waals surface area contributed by atoms with Gasteiger partial charge < -0.3 is 5.32 Å². The molecule has 1 unspecified atom stereocenters. The van der Waals surface area contributed by atoms with Crippen LogP contribution in [0.2, 0.25) is 0 Å². The van der Waals surface area contributed by atoms with Crippen LogP contribution in [0.25, 0.3) is 10.8 Å². The molecule has 0 aliphatic rings. The normalized spacial score (nSPS) is 13.5. The highest BCUT2D eigenvalue weighted by atomic mass is 16.2. The molecule has 1 N–H and O–H groups in total. The van der Waals surface area contributed by atoms with Crippen LogP contribution in [0.3, 0.4) is 0 Å². The molecule has 0 aliphatic heterocycles. The Morgan fingerprint density at radius 1 is 1.42 bits per heavy atom. The Morgan fingerprint density at radius 3 is 2.84 bits per heavy atom. The molecule has 0 radical (unpaired) electrons. The summed E-state index contributed by atoms with van der Waals surface area (Å²) >= 11 is 0. The molecule has 0 bridgehead atoms. The predicted octanol–water partition coefficient (Wildman–Crippen LogP) is 2.66. The first-order chi connectivity index (χ1) is 9.09. The van der Waals surface area contributed by atoms with E-state index in [0.29, 0.717) is 12.1 Å². The second-order valence-electron chi connectivity index (χ2n) is 4.63. The molecule has 4 heteroatoms. The zero-order valence-electron chi connectivity index (χ0n) is 11.0. The number of nitrogens with zero attached hydrogens (tertiary/aromatic N) is 2. The summed E-state index contributed by atoms with van der Waals surface area (Å²) in [6.07, 6.45) is 2.15. The van der Waals surface area contributed by atoms with E-state index in [9.17, 15) is 4.79 Å². The predicted molar refractivity (Wildman–Crippen MR) is 73.5 cm³/mol. The number of carbonyl (C=O) groups is 1. The Labute approximate surface area is 112 Å². The standard InChI is InChI=1S/C15H15N3O/c1-3-15(2,10-16)18-14(19)13-12-7-5-4-6-11(12)8-9-17-13/h4-9H,3H2,1-2H3,(H,18,19). The molecule has 4 nitrogen and oxygen atoms in total. The van der Waals surface area contributed by atoms with Crippen LogP contribution in [0.1, 0.15) is 30.8 Å². The third-order valence-electron chi connectivity index (χ3n) is 3.23. The molecule has 1 aromatic carbocycles. The number of nitrogens with one attached hydrogen (secondary N) is 1. The highest BCUT2D eigenvalue weighted by molar-refractivity contribution is 6.05. The second kappa shape index (κ2) is 5.07. The molecule has 0 aliphatic carbocycles. The number of carbonyl (C=O) groups excluding carboxylic acids is 1. The highest BCUT2D eigenvalue weighted by Crippen LogP contribution is 2.17. The first-order valence-electron chi connectivity index (χ1n) is 6.17. The fourth-order valence-corrected chi connectivity index (χ4v) is 1.81. The molecule has 2 aromatic rings. The van der Waals surface area contributed by atoms with Gasteiger partial charge in [-0.2, -0.15) is 5.26 Å². The van der Waals surface area contributed by atoms with Crippen molar-refractivity contribution in [2.24, 2.45) is 0 Å². The number of hydrogen-bond acceptors (Lipinski definition) is 3. The minimum absolute atomic E-state index is 0.317. The van der Waals surface area contributed by atoms with E-state index in [2.05, 4.69) is 16.4 Å². The first kappa shape index (κ1) is 13.0. The molecular formula is C15H15N3O. The minimum Gasteiger partial charge on any atom is -0.333 e. The highest BCUT2D eigenvalue weighted by Gasteiger charge is 2.25. The van der Waals surface area contributed by atoms with Crippen LogP contribution in [-0.4, -0.2) is 16.4 Å². The fourth-order valence-electron chi connectivity index (χ4n) is 1.81. The van der Waals surface area contributed by atoms with Crippen LogP contribution in [-0.2, 0) is 0 Å². The van der Waals surface area contributed by atoms with Gasteiger partial charge in [0.15, 0.2) is 0 Å². The molecule has 1 heterocycles. The summed E-state index contributed by atoms with van der Waals surface area (Å²) in [7, 11) is 0. The van der Waals surface area contributed by atoms with Gasteiger partial charge in [0.25, 0.3) is 5.91 Å². The van der Waals surface area contributed by atoms with Crippen molar-refractivity contribution in [3.05, 3.63) is 42.2 Å². The van der Waals surface area contributed by atoms with Gasteiger partial charge >= 0.3 is 0 Å². The van der Waals surface area contributed by atoms with Crippen molar-refractivity contribution in [2.75, 3.05) is 0 Å². The lowest BCUT2D eigenvalue weighted by Gasteiger charge is -2.21. The van der Waals surface area contributed by atoms with Crippen LogP contribution >= 0.6 is 0 Å². The van der Waals surface area contributed by atoms with Gasteiger partial charge in [0.2, 0.25) is 0 Å². The maximum atomic E-state index is 12.3. The van der Waals surface area contributed by atoms with Crippen molar-refractivity contribution in [1.29, 1.82) is 5.26 Å². The number of nitriles is 1. The van der Waals surface area contributed by atoms with Crippen molar-refractivity contribution < 1.29 is 4.79 Å². The molecule has 0 spiro atoms. The van der Waals surface area contributed by atoms with Crippen molar-refractivity contribution in [3.63, 3.8) is 0 Å². The average molecular weight is 253 g/mol. The van der Waals surface area contributed by atoms with Gasteiger partial charge in [0.05, 0.1) is 6.07 Å². The molecule has 19 heavy (non-hydrogen) atoms. The van der Waals surface area contributed by atoms with Gasteiger partial charge in [0, 0.05) is 11.6 Å². The molecule has 2 rings (SSSR count). The molecule has 0 saturated carbocycles. The van der Waals surface area contributed by atoms with Crippen LogP contribution in [0.15, 0.2) is 36.5 Å². The Kier molecular flexibility index (Phi) is 3.48. The van der Waals surface area contributed by atoms with Gasteiger partial charge in [-0.1, -0.05) is 31.2 Å². The molecule has 0 saturated heterocycles. The van der Waals surface area contributed by atoms with E-state index < -0.39 is 5.54 Å². The van der Waals surface area contributed by atoms with Gasteiger partial charge in [-0.05, 0) is 24.8 Å². The maximum Gasteiger partial charge on any atom is 0.271 e. The summed E-state index contributed by atoms with van der Waals surface area (Å²) in [4.78, 5) is 16.4. The molecular weight excluding hydrogens is 238 g/mol. The van der Waals surface area contributed by atoms with Crippen molar-refractivity contribution in [2.45, 2.75) is 25.8 Å². The number of amides is 1. The van der Waals surface area contributed by atoms with Crippen LogP contribution < -0.4 is 5.32 Å². The average Bonchev–Trinajstić information content (AvgIpc) is 2.46. The lowest BCUT2D eigenvalue weighted by Crippen LogP contribution is -2.44. The number of pyridine rings is 1. The number of fused-ring (bicyclic) bond motifs is 1. The van der Waals surface area contributed by atoms with Crippen molar-refractivity contribution in [3.8, 4) is 6.07 Å². The largest absolute Gasteiger partial charge is 0.333 e. The van der Waals surface area contributed by atoms with Gasteiger partial charge in [0.1, 0.15) is 11.2 Å². The third-order valence-corrected chi connectivity index (χ3v) is 3.23. The van der Waals surface area contributed by atoms with Crippen molar-refractivity contribution >= 4 is 16.7 Å². The summed E-state index contributed by atoms with van der Waals surface area (Å²) in [6.45, 7) is 3.57. The molecule has 1 aromatic heterocycles. The summed E-state index contributed by atoms with van der Waals surface area (Å²) in [5.74, 6) is -0.317. The smallest absolute Gasteiger partial charge is 0.271 e. The summed E-state index contributed by atoms with van der Waals surface area (Å²) in [5, 5.41) is 13.6. The maximum absolute atomic E-state index is 12.3. The number of hydrogen-bond donors (Lipinski definition) is 1. The SMILES string of the molecule is CCC(C)(C#N)NC(=O)c1nccc2ccccc12. The van der Waals surface area contributed by atoms with E-state index in [1.54, 1.807) is 13.1 Å². The van der Waals surface area contributed by atoms with Crippen LogP contribution in [0.4, 0.5) is 0 Å². The number of benzene rings is 1. The molecule has 1 amide bonds. The van der Waals surface area contributed by atoms with E-state index in [1.807, 2.05) is 37.3 Å². The van der Waals surface area contributed by atoms with E-state index in [-0.39, 0.29) is 5.91 Å². The Bertz CT molecular complexity index is 654. The van der Waals surface area contributed by atoms with Gasteiger partial charge in [-0.25, -0.2) is 0 Å². The summed E-state index contributed by atoms with van der Waals surface area (Å²) in [5.41, 5.74) is -0.511. The monoisotopic (exact) mass is 253 g/mol. The molecule has 1 atom stereocenters. The topological polar surface area (TPSA) is 65.8 Å². The van der Waals surface area contributed by atoms with E-state index in [1.165, 1.54) is 0 Å². The Morgan fingerprint density at radius 2 is 2.16 bits per heavy atom. The van der Waals surface area contributed by atoms with Gasteiger partial charge in [-0.3, -0.25) is 9.78 Å². The zero-order chi connectivity index (χ0) is 13.9. The van der Waals surface area contributed by atoms with Crippen LogP contribution in [0.5, 0.6) is 0 Å². The second-order valence-corrected chi connectivity index (χ2v) is 4.63. The van der Waals surface area contributed by atoms with E-state index >= 15 is 0 Å². The van der Waals surface area contributed by atoms with E-state index in [4.69, 9.17) is 5.26 Å². The fraction of sp³-hybridized carbons (Fsp3) is 0.267. The van der Waals surface area contributed by atoms with Gasteiger partial charge in [-0.15, -0.1) is 0 Å². The third kappa shape index (κ3) is 2.55. The minimum atomic E-state index is -0.865. The zero-order valence-corrected chi connectivity index (χ0v) is 11.0. The lowest BCUT2D eigenvalue weighted by molar-refractivity contribution is 0.0920. The quantitative estimate of drug-likeness (QED) is 0.914. The summed E-state index contributed by atoms with van der Waals surface area (Å²) < 4.78 is 0. The van der Waals surface area contributed by atoms with Crippen LogP contribution in [0, 0.1) is 11.3 Å². The molecule has 96 valence electrons. The summed E-state index contributed by atoms with van der Waals surface area (Å²) in [6, 6.07) is 11.5. The molecule has 0 fully saturated rings. The first-order valence-corrected chi connectivity index (χ1v) is 6.17.